The molecule has 272 valence electrons. The van der Waals surface area contributed by atoms with Crippen molar-refractivity contribution >= 4 is 17.6 Å². The minimum absolute atomic E-state index is 0.173. The second kappa shape index (κ2) is 17.2. The largest absolute Gasteiger partial charge is 0.507 e. The maximum atomic E-state index is 12.4. The highest BCUT2D eigenvalue weighted by atomic mass is 16.6. The predicted octanol–water partition coefficient (Wildman–Crippen LogP) is 5.62. The molecule has 0 bridgehead atoms. The number of carbonyl (C=O) groups is 1. The first kappa shape index (κ1) is 37.1. The summed E-state index contributed by atoms with van der Waals surface area (Å²) in [7, 11) is 1.89. The van der Waals surface area contributed by atoms with Crippen molar-refractivity contribution in [1.82, 2.24) is 29.8 Å². The highest BCUT2D eigenvalue weighted by Gasteiger charge is 2.34. The fourth-order valence-electron chi connectivity index (χ4n) is 8.04. The first-order chi connectivity index (χ1) is 23.7. The van der Waals surface area contributed by atoms with E-state index in [2.05, 4.69) is 41.2 Å². The molecule has 1 aliphatic carbocycles. The van der Waals surface area contributed by atoms with Crippen molar-refractivity contribution in [3.05, 3.63) is 30.3 Å². The smallest absolute Gasteiger partial charge is 0.410 e. The highest BCUT2D eigenvalue weighted by molar-refractivity contribution is 5.75. The molecule has 0 unspecified atom stereocenters. The standard InChI is InChI=1S/C36H56N8O3.C2H6/c1-36(2,3)47-35(46)44-19-17-40(18-20-44)26-27-13-15-41(16-14-27)28-9-11-29(12-10-28)42-21-23-43(24-22-42)32-25-31(38-39-34(32)37-4)30-7-5-6-8-33(30)45;1-2/h5-8,25,27-29,45H,9-24,26H2,1-4H3,(H,37,39);1-2H3. The van der Waals surface area contributed by atoms with E-state index >= 15 is 0 Å². The van der Waals surface area contributed by atoms with Gasteiger partial charge in [-0.2, -0.15) is 0 Å². The Morgan fingerprint density at radius 3 is 2.00 bits per heavy atom. The monoisotopic (exact) mass is 678 g/mol. The Morgan fingerprint density at radius 2 is 1.43 bits per heavy atom. The number of para-hydroxylation sites is 1. The van der Waals surface area contributed by atoms with Crippen molar-refractivity contribution in [2.45, 2.75) is 90.8 Å². The van der Waals surface area contributed by atoms with Gasteiger partial charge in [-0.15, -0.1) is 10.2 Å². The lowest BCUT2D eigenvalue weighted by molar-refractivity contribution is 0.0112. The van der Waals surface area contributed by atoms with Gasteiger partial charge in [0, 0.05) is 83.6 Å². The molecule has 1 amide bonds. The van der Waals surface area contributed by atoms with Gasteiger partial charge < -0.3 is 29.9 Å². The Bertz CT molecular complexity index is 1320. The number of aromatic nitrogens is 2. The number of amides is 1. The van der Waals surface area contributed by atoms with Gasteiger partial charge in [-0.1, -0.05) is 26.0 Å². The van der Waals surface area contributed by atoms with Gasteiger partial charge in [0.2, 0.25) is 0 Å². The highest BCUT2D eigenvalue weighted by Crippen LogP contribution is 2.34. The van der Waals surface area contributed by atoms with Gasteiger partial charge in [-0.3, -0.25) is 9.80 Å². The van der Waals surface area contributed by atoms with Crippen LogP contribution >= 0.6 is 0 Å². The molecule has 11 heteroatoms. The third-order valence-corrected chi connectivity index (χ3v) is 10.7. The van der Waals surface area contributed by atoms with Crippen LogP contribution in [-0.2, 0) is 4.74 Å². The number of anilines is 2. The van der Waals surface area contributed by atoms with Crippen LogP contribution in [0.5, 0.6) is 5.75 Å². The Kier molecular flexibility index (Phi) is 13.0. The fraction of sp³-hybridized carbons (Fsp3) is 0.711. The molecule has 2 N–H and O–H groups in total. The van der Waals surface area contributed by atoms with Crippen LogP contribution in [0.2, 0.25) is 0 Å². The number of hydrogen-bond acceptors (Lipinski definition) is 10. The minimum Gasteiger partial charge on any atom is -0.507 e. The normalized spacial score (nSPS) is 23.5. The summed E-state index contributed by atoms with van der Waals surface area (Å²) in [6.45, 7) is 20.9. The Hall–Kier alpha value is -3.15. The zero-order valence-corrected chi connectivity index (χ0v) is 31.0. The van der Waals surface area contributed by atoms with E-state index in [1.165, 1.54) is 51.6 Å². The second-order valence-electron chi connectivity index (χ2n) is 15.0. The number of aromatic hydroxyl groups is 1. The predicted molar refractivity (Wildman–Crippen MR) is 198 cm³/mol. The van der Waals surface area contributed by atoms with Crippen LogP contribution < -0.4 is 10.2 Å². The van der Waals surface area contributed by atoms with E-state index in [9.17, 15) is 9.90 Å². The Morgan fingerprint density at radius 1 is 0.837 bits per heavy atom. The number of likely N-dealkylation sites (tertiary alicyclic amines) is 1. The van der Waals surface area contributed by atoms with Crippen LogP contribution in [0.3, 0.4) is 0 Å². The zero-order chi connectivity index (χ0) is 35.0. The first-order valence-electron chi connectivity index (χ1n) is 18.9. The molecule has 11 nitrogen and oxygen atoms in total. The molecular formula is C38H62N8O3. The van der Waals surface area contributed by atoms with E-state index in [4.69, 9.17) is 4.74 Å². The summed E-state index contributed by atoms with van der Waals surface area (Å²) in [6, 6.07) is 10.8. The number of phenolic OH excluding ortho intramolecular Hbond substituents is 1. The summed E-state index contributed by atoms with van der Waals surface area (Å²) in [4.78, 5) is 24.8. The lowest BCUT2D eigenvalue weighted by Crippen LogP contribution is -2.53. The molecule has 6 rings (SSSR count). The van der Waals surface area contributed by atoms with Crippen LogP contribution in [0.4, 0.5) is 16.3 Å². The van der Waals surface area contributed by atoms with Gasteiger partial charge in [0.05, 0.1) is 11.4 Å². The van der Waals surface area contributed by atoms with Crippen molar-refractivity contribution in [1.29, 1.82) is 0 Å². The third-order valence-electron chi connectivity index (χ3n) is 10.7. The molecular weight excluding hydrogens is 616 g/mol. The summed E-state index contributed by atoms with van der Waals surface area (Å²) in [6.07, 6.45) is 7.61. The molecule has 4 fully saturated rings. The number of piperazine rings is 2. The molecule has 1 aromatic heterocycles. The van der Waals surface area contributed by atoms with Crippen LogP contribution in [-0.4, -0.2) is 138 Å². The molecule has 3 aliphatic heterocycles. The lowest BCUT2D eigenvalue weighted by atomic mass is 9.86. The van der Waals surface area contributed by atoms with Gasteiger partial charge in [-0.25, -0.2) is 4.79 Å². The molecule has 0 atom stereocenters. The molecule has 49 heavy (non-hydrogen) atoms. The van der Waals surface area contributed by atoms with E-state index in [1.54, 1.807) is 6.07 Å². The summed E-state index contributed by atoms with van der Waals surface area (Å²) < 4.78 is 5.57. The number of benzene rings is 1. The van der Waals surface area contributed by atoms with Crippen LogP contribution in [0, 0.1) is 5.92 Å². The van der Waals surface area contributed by atoms with Crippen molar-refractivity contribution in [2.75, 3.05) is 89.3 Å². The van der Waals surface area contributed by atoms with Crippen LogP contribution in [0.1, 0.15) is 73.1 Å². The number of nitrogens with zero attached hydrogens (tertiary/aromatic N) is 7. The molecule has 0 spiro atoms. The Balaban J connectivity index is 0.00000230. The fourth-order valence-corrected chi connectivity index (χ4v) is 8.04. The quantitative estimate of drug-likeness (QED) is 0.384. The van der Waals surface area contributed by atoms with E-state index in [0.717, 1.165) is 82.4 Å². The molecule has 4 aliphatic rings. The SMILES string of the molecule is CC.CNc1nnc(-c2ccccc2O)cc1N1CCN(C2CCC(N3CCC(CN4CCN(C(=O)OC(C)(C)C)CC4)CC3)CC2)CC1. The van der Waals surface area contributed by atoms with Gasteiger partial charge in [-0.05, 0) is 96.5 Å². The number of hydrogen-bond donors (Lipinski definition) is 2. The maximum absolute atomic E-state index is 12.4. The first-order valence-corrected chi connectivity index (χ1v) is 18.9. The van der Waals surface area contributed by atoms with Crippen LogP contribution in [0.25, 0.3) is 11.3 Å². The summed E-state index contributed by atoms with van der Waals surface area (Å²) in [5, 5.41) is 22.4. The average molecular weight is 679 g/mol. The van der Waals surface area contributed by atoms with Gasteiger partial charge in [0.25, 0.3) is 0 Å². The average Bonchev–Trinajstić information content (AvgIpc) is 3.12. The lowest BCUT2D eigenvalue weighted by Gasteiger charge is -2.46. The van der Waals surface area contributed by atoms with Crippen molar-refractivity contribution < 1.29 is 14.6 Å². The van der Waals surface area contributed by atoms with Gasteiger partial charge in [0.15, 0.2) is 5.82 Å². The van der Waals surface area contributed by atoms with Gasteiger partial charge in [0.1, 0.15) is 11.4 Å². The minimum atomic E-state index is -0.436. The molecule has 1 saturated carbocycles. The van der Waals surface area contributed by atoms with Crippen molar-refractivity contribution in [3.8, 4) is 17.0 Å². The van der Waals surface area contributed by atoms with Gasteiger partial charge >= 0.3 is 6.09 Å². The summed E-state index contributed by atoms with van der Waals surface area (Å²) in [5.74, 6) is 1.77. The van der Waals surface area contributed by atoms with E-state index < -0.39 is 5.60 Å². The number of phenols is 1. The Labute approximate surface area is 295 Å². The topological polar surface area (TPSA) is 101 Å². The zero-order valence-electron chi connectivity index (χ0n) is 31.0. The number of rotatable bonds is 7. The van der Waals surface area contributed by atoms with Crippen LogP contribution in [0.15, 0.2) is 30.3 Å². The molecule has 0 radical (unpaired) electrons. The molecule has 4 heterocycles. The van der Waals surface area contributed by atoms with E-state index in [-0.39, 0.29) is 11.8 Å². The van der Waals surface area contributed by atoms with Crippen molar-refractivity contribution in [3.63, 3.8) is 0 Å². The number of carbonyl (C=O) groups excluding carboxylic acids is 1. The number of ether oxygens (including phenoxy) is 1. The summed E-state index contributed by atoms with van der Waals surface area (Å²) in [5.41, 5.74) is 2.02. The number of piperidine rings is 1. The van der Waals surface area contributed by atoms with Crippen molar-refractivity contribution in [2.24, 2.45) is 5.92 Å². The number of nitrogens with one attached hydrogen (secondary N) is 1. The summed E-state index contributed by atoms with van der Waals surface area (Å²) >= 11 is 0. The molecule has 2 aromatic rings. The molecule has 3 saturated heterocycles. The maximum Gasteiger partial charge on any atom is 0.410 e. The second-order valence-corrected chi connectivity index (χ2v) is 15.0. The molecule has 1 aromatic carbocycles. The third kappa shape index (κ3) is 9.76. The van der Waals surface area contributed by atoms with E-state index in [1.807, 2.05) is 64.8 Å². The van der Waals surface area contributed by atoms with E-state index in [0.29, 0.717) is 17.3 Å².